The lowest BCUT2D eigenvalue weighted by Gasteiger charge is -2.09. The van der Waals surface area contributed by atoms with Crippen molar-refractivity contribution < 1.29 is 5.11 Å². The van der Waals surface area contributed by atoms with Crippen LogP contribution < -0.4 is 0 Å². The molecule has 2 aromatic rings. The molecule has 0 saturated heterocycles. The number of phenolic OH excluding ortho intramolecular Hbond substituents is 1. The zero-order chi connectivity index (χ0) is 13.1. The highest BCUT2D eigenvalue weighted by Crippen LogP contribution is 2.27. The highest BCUT2D eigenvalue weighted by Gasteiger charge is 2.08. The molecule has 0 amide bonds. The lowest BCUT2D eigenvalue weighted by atomic mass is 9.94. The van der Waals surface area contributed by atoms with Crippen LogP contribution in [0.15, 0.2) is 42.5 Å². The van der Waals surface area contributed by atoms with Crippen molar-refractivity contribution in [1.82, 2.24) is 0 Å². The van der Waals surface area contributed by atoms with Crippen molar-refractivity contribution in [3.8, 4) is 22.9 Å². The number of nitriles is 1. The minimum absolute atomic E-state index is 0.232. The van der Waals surface area contributed by atoms with E-state index in [9.17, 15) is 10.4 Å². The fourth-order valence-corrected chi connectivity index (χ4v) is 1.91. The van der Waals surface area contributed by atoms with Gasteiger partial charge in [-0.2, -0.15) is 5.26 Å². The lowest BCUT2D eigenvalue weighted by molar-refractivity contribution is 0.475. The van der Waals surface area contributed by atoms with Crippen LogP contribution in [0.25, 0.3) is 11.1 Å². The number of aromatic hydroxyl groups is 1. The van der Waals surface area contributed by atoms with Gasteiger partial charge in [-0.3, -0.25) is 0 Å². The largest absolute Gasteiger partial charge is 0.508 e. The van der Waals surface area contributed by atoms with Crippen molar-refractivity contribution >= 4 is 0 Å². The van der Waals surface area contributed by atoms with Gasteiger partial charge in [0.2, 0.25) is 0 Å². The van der Waals surface area contributed by atoms with Gasteiger partial charge in [-0.05, 0) is 40.8 Å². The van der Waals surface area contributed by atoms with Crippen molar-refractivity contribution in [3.63, 3.8) is 0 Å². The Balaban J connectivity index is 2.52. The first-order valence-corrected chi connectivity index (χ1v) is 5.95. The summed E-state index contributed by atoms with van der Waals surface area (Å²) < 4.78 is 0. The Morgan fingerprint density at radius 2 is 1.72 bits per heavy atom. The van der Waals surface area contributed by atoms with Gasteiger partial charge in [0.15, 0.2) is 0 Å². The molecule has 18 heavy (non-hydrogen) atoms. The normalized spacial score (nSPS) is 10.3. The summed E-state index contributed by atoms with van der Waals surface area (Å²) in [7, 11) is 0. The topological polar surface area (TPSA) is 44.0 Å². The summed E-state index contributed by atoms with van der Waals surface area (Å²) in [6, 6.07) is 15.1. The summed E-state index contributed by atoms with van der Waals surface area (Å²) in [6.07, 6.45) is 0. The fraction of sp³-hybridized carbons (Fsp3) is 0.188. The number of hydrogen-bond acceptors (Lipinski definition) is 2. The van der Waals surface area contributed by atoms with Gasteiger partial charge >= 0.3 is 0 Å². The maximum absolute atomic E-state index is 9.28. The first kappa shape index (κ1) is 12.2. The fourth-order valence-electron chi connectivity index (χ4n) is 1.91. The van der Waals surface area contributed by atoms with Gasteiger partial charge in [0.1, 0.15) is 5.75 Å². The molecule has 0 aromatic heterocycles. The monoisotopic (exact) mass is 237 g/mol. The van der Waals surface area contributed by atoms with Crippen LogP contribution in [0.2, 0.25) is 0 Å². The van der Waals surface area contributed by atoms with Gasteiger partial charge in [0.25, 0.3) is 0 Å². The van der Waals surface area contributed by atoms with Crippen molar-refractivity contribution in [1.29, 1.82) is 5.26 Å². The molecule has 0 aliphatic heterocycles. The quantitative estimate of drug-likeness (QED) is 0.856. The first-order valence-electron chi connectivity index (χ1n) is 5.95. The number of benzene rings is 2. The second-order valence-corrected chi connectivity index (χ2v) is 4.62. The molecule has 0 aliphatic rings. The zero-order valence-electron chi connectivity index (χ0n) is 10.5. The Bertz CT molecular complexity index is 591. The second-order valence-electron chi connectivity index (χ2n) is 4.62. The smallest absolute Gasteiger partial charge is 0.115 e. The SMILES string of the molecule is CC(C)c1ccc(-c2ccc(O)cc2)c(C#N)c1. The van der Waals surface area contributed by atoms with Gasteiger partial charge in [-0.25, -0.2) is 0 Å². The van der Waals surface area contributed by atoms with Crippen molar-refractivity contribution in [2.45, 2.75) is 19.8 Å². The molecule has 0 spiro atoms. The van der Waals surface area contributed by atoms with E-state index in [0.29, 0.717) is 11.5 Å². The average molecular weight is 237 g/mol. The molecule has 0 unspecified atom stereocenters. The number of rotatable bonds is 2. The van der Waals surface area contributed by atoms with E-state index in [-0.39, 0.29) is 5.75 Å². The number of phenols is 1. The Hall–Kier alpha value is -2.27. The Morgan fingerprint density at radius 3 is 2.28 bits per heavy atom. The first-order chi connectivity index (χ1) is 8.61. The maximum atomic E-state index is 9.28. The van der Waals surface area contributed by atoms with Crippen molar-refractivity contribution in [3.05, 3.63) is 53.6 Å². The molecule has 90 valence electrons. The van der Waals surface area contributed by atoms with Crippen molar-refractivity contribution in [2.75, 3.05) is 0 Å². The maximum Gasteiger partial charge on any atom is 0.115 e. The highest BCUT2D eigenvalue weighted by atomic mass is 16.3. The Labute approximate surface area is 107 Å². The molecule has 1 N–H and O–H groups in total. The molecule has 2 aromatic carbocycles. The average Bonchev–Trinajstić information content (AvgIpc) is 2.39. The summed E-state index contributed by atoms with van der Waals surface area (Å²) in [5.74, 6) is 0.641. The standard InChI is InChI=1S/C16H15NO/c1-11(2)13-5-8-16(14(9-13)10-17)12-3-6-15(18)7-4-12/h3-9,11,18H,1-2H3. The van der Waals surface area contributed by atoms with Crippen LogP contribution in [0.5, 0.6) is 5.75 Å². The minimum Gasteiger partial charge on any atom is -0.508 e. The van der Waals surface area contributed by atoms with Crippen LogP contribution in [0, 0.1) is 11.3 Å². The van der Waals surface area contributed by atoms with E-state index in [1.165, 1.54) is 0 Å². The molecular weight excluding hydrogens is 222 g/mol. The molecule has 0 radical (unpaired) electrons. The van der Waals surface area contributed by atoms with E-state index < -0.39 is 0 Å². The molecular formula is C16H15NO. The predicted molar refractivity (Wildman–Crippen MR) is 72.3 cm³/mol. The molecule has 2 rings (SSSR count). The third kappa shape index (κ3) is 2.36. The van der Waals surface area contributed by atoms with E-state index in [1.54, 1.807) is 12.1 Å². The molecule has 0 bridgehead atoms. The van der Waals surface area contributed by atoms with Crippen LogP contribution in [0.3, 0.4) is 0 Å². The van der Waals surface area contributed by atoms with Gasteiger partial charge in [0, 0.05) is 0 Å². The highest BCUT2D eigenvalue weighted by molar-refractivity contribution is 5.71. The molecule has 0 heterocycles. The van der Waals surface area contributed by atoms with E-state index in [4.69, 9.17) is 0 Å². The summed E-state index contributed by atoms with van der Waals surface area (Å²) in [6.45, 7) is 4.22. The third-order valence-corrected chi connectivity index (χ3v) is 3.01. The third-order valence-electron chi connectivity index (χ3n) is 3.01. The van der Waals surface area contributed by atoms with Crippen LogP contribution >= 0.6 is 0 Å². The molecule has 0 fully saturated rings. The summed E-state index contributed by atoms with van der Waals surface area (Å²) in [4.78, 5) is 0. The molecule has 0 atom stereocenters. The number of nitrogens with zero attached hydrogens (tertiary/aromatic N) is 1. The van der Waals surface area contributed by atoms with E-state index in [1.807, 2.05) is 30.3 Å². The molecule has 0 saturated carbocycles. The molecule has 2 heteroatoms. The van der Waals surface area contributed by atoms with E-state index >= 15 is 0 Å². The Morgan fingerprint density at radius 1 is 1.06 bits per heavy atom. The van der Waals surface area contributed by atoms with Crippen molar-refractivity contribution in [2.24, 2.45) is 0 Å². The molecule has 2 nitrogen and oxygen atoms in total. The molecule has 0 aliphatic carbocycles. The van der Waals surface area contributed by atoms with Gasteiger partial charge in [0.05, 0.1) is 11.6 Å². The number of hydrogen-bond donors (Lipinski definition) is 1. The zero-order valence-corrected chi connectivity index (χ0v) is 10.5. The van der Waals surface area contributed by atoms with Gasteiger partial charge in [-0.15, -0.1) is 0 Å². The summed E-state index contributed by atoms with van der Waals surface area (Å²) in [5.41, 5.74) is 3.68. The van der Waals surface area contributed by atoms with Crippen LogP contribution in [0.1, 0.15) is 30.9 Å². The van der Waals surface area contributed by atoms with E-state index in [0.717, 1.165) is 16.7 Å². The lowest BCUT2D eigenvalue weighted by Crippen LogP contribution is -1.91. The Kier molecular flexibility index (Phi) is 3.34. The predicted octanol–water partition coefficient (Wildman–Crippen LogP) is 4.05. The summed E-state index contributed by atoms with van der Waals surface area (Å²) in [5, 5.41) is 18.5. The van der Waals surface area contributed by atoms with E-state index in [2.05, 4.69) is 19.9 Å². The van der Waals surface area contributed by atoms with Gasteiger partial charge < -0.3 is 5.11 Å². The minimum atomic E-state index is 0.232. The second kappa shape index (κ2) is 4.93. The van der Waals surface area contributed by atoms with Crippen LogP contribution in [0.4, 0.5) is 0 Å². The summed E-state index contributed by atoms with van der Waals surface area (Å²) >= 11 is 0. The van der Waals surface area contributed by atoms with Crippen LogP contribution in [-0.2, 0) is 0 Å². The van der Waals surface area contributed by atoms with Crippen LogP contribution in [-0.4, -0.2) is 5.11 Å². The van der Waals surface area contributed by atoms with Gasteiger partial charge in [-0.1, -0.05) is 38.1 Å².